The second-order valence-corrected chi connectivity index (χ2v) is 8.97. The molecule has 0 bridgehead atoms. The lowest BCUT2D eigenvalue weighted by molar-refractivity contribution is -0.0315. The summed E-state index contributed by atoms with van der Waals surface area (Å²) < 4.78 is 31.5. The lowest BCUT2D eigenvalue weighted by Crippen LogP contribution is -2.46. The van der Waals surface area contributed by atoms with Gasteiger partial charge >= 0.3 is 0 Å². The highest BCUT2D eigenvalue weighted by molar-refractivity contribution is 5.32. The van der Waals surface area contributed by atoms with Crippen molar-refractivity contribution < 1.29 is 13.9 Å². The molecule has 2 aromatic carbocycles. The third-order valence-electron chi connectivity index (χ3n) is 5.87. The molecule has 186 valence electrons. The number of aliphatic hydroxyl groups is 1. The van der Waals surface area contributed by atoms with E-state index in [2.05, 4.69) is 26.5 Å². The monoisotopic (exact) mass is 492 g/mol. The summed E-state index contributed by atoms with van der Waals surface area (Å²) in [7, 11) is 0. The van der Waals surface area contributed by atoms with E-state index in [4.69, 9.17) is 5.26 Å². The second-order valence-electron chi connectivity index (χ2n) is 8.97. The fourth-order valence-corrected chi connectivity index (χ4v) is 4.05. The van der Waals surface area contributed by atoms with Crippen molar-refractivity contribution in [3.63, 3.8) is 0 Å². The summed E-state index contributed by atoms with van der Waals surface area (Å²) in [4.78, 5) is 5.84. The van der Waals surface area contributed by atoms with Crippen LogP contribution in [0.5, 0.6) is 0 Å². The van der Waals surface area contributed by atoms with E-state index < -0.39 is 17.2 Å². The maximum atomic E-state index is 14.8. The molecule has 2 aromatic heterocycles. The number of rotatable bonds is 10. The van der Waals surface area contributed by atoms with Crippen molar-refractivity contribution in [3.8, 4) is 6.07 Å². The number of nitriles is 1. The van der Waals surface area contributed by atoms with Gasteiger partial charge in [0.25, 0.3) is 0 Å². The molecular formula is C25H26F2N8O. The first-order valence-electron chi connectivity index (χ1n) is 11.4. The second kappa shape index (κ2) is 10.7. The van der Waals surface area contributed by atoms with Crippen LogP contribution in [0.1, 0.15) is 36.2 Å². The highest BCUT2D eigenvalue weighted by Crippen LogP contribution is 2.29. The Morgan fingerprint density at radius 2 is 2.00 bits per heavy atom. The first-order valence-corrected chi connectivity index (χ1v) is 11.4. The van der Waals surface area contributed by atoms with Gasteiger partial charge < -0.3 is 5.11 Å². The standard InChI is InChI=1S/C25H26F2N8O/c1-18(2)33(12-22-13-34(32-31-22)11-20-5-3-4-19(8-20)10-28)14-25(36,15-35-17-29-16-30-35)23-7-6-21(26)9-24(23)27/h3-9,13,16-18,36H,11-12,14-15H2,1-2H3. The van der Waals surface area contributed by atoms with Crippen LogP contribution in [-0.2, 0) is 25.2 Å². The van der Waals surface area contributed by atoms with E-state index in [9.17, 15) is 13.9 Å². The van der Waals surface area contributed by atoms with Gasteiger partial charge in [0, 0.05) is 30.8 Å². The molecule has 36 heavy (non-hydrogen) atoms. The maximum Gasteiger partial charge on any atom is 0.137 e. The van der Waals surface area contributed by atoms with Crippen molar-refractivity contribution >= 4 is 0 Å². The zero-order chi connectivity index (χ0) is 25.7. The number of benzene rings is 2. The fraction of sp³-hybridized carbons (Fsp3) is 0.320. The molecule has 0 fully saturated rings. The summed E-state index contributed by atoms with van der Waals surface area (Å²) in [6.07, 6.45) is 4.55. The van der Waals surface area contributed by atoms with Gasteiger partial charge in [0.1, 0.15) is 29.9 Å². The Bertz CT molecular complexity index is 1350. The summed E-state index contributed by atoms with van der Waals surface area (Å²) in [5.74, 6) is -1.57. The van der Waals surface area contributed by atoms with Gasteiger partial charge in [-0.25, -0.2) is 23.1 Å². The average molecular weight is 493 g/mol. The number of nitrogens with zero attached hydrogens (tertiary/aromatic N) is 8. The minimum Gasteiger partial charge on any atom is -0.382 e. The van der Waals surface area contributed by atoms with Gasteiger partial charge in [-0.15, -0.1) is 5.10 Å². The van der Waals surface area contributed by atoms with Gasteiger partial charge in [0.2, 0.25) is 0 Å². The van der Waals surface area contributed by atoms with Crippen LogP contribution in [0, 0.1) is 23.0 Å². The highest BCUT2D eigenvalue weighted by atomic mass is 19.1. The van der Waals surface area contributed by atoms with E-state index in [1.165, 1.54) is 23.4 Å². The molecule has 0 aliphatic carbocycles. The van der Waals surface area contributed by atoms with Gasteiger partial charge in [-0.1, -0.05) is 23.4 Å². The molecule has 11 heteroatoms. The lowest BCUT2D eigenvalue weighted by atomic mass is 9.91. The Balaban J connectivity index is 1.56. The van der Waals surface area contributed by atoms with Gasteiger partial charge in [-0.2, -0.15) is 10.4 Å². The van der Waals surface area contributed by atoms with E-state index in [-0.39, 0.29) is 24.7 Å². The Morgan fingerprint density at radius 1 is 1.17 bits per heavy atom. The molecule has 0 amide bonds. The predicted octanol–water partition coefficient (Wildman–Crippen LogP) is 2.87. The molecule has 1 N–H and O–H groups in total. The van der Waals surface area contributed by atoms with Crippen molar-refractivity contribution in [3.05, 3.63) is 95.3 Å². The van der Waals surface area contributed by atoms with E-state index in [1.807, 2.05) is 30.9 Å². The Kier molecular flexibility index (Phi) is 7.47. The summed E-state index contributed by atoms with van der Waals surface area (Å²) in [5.41, 5.74) is 0.372. The molecule has 1 atom stereocenters. The summed E-state index contributed by atoms with van der Waals surface area (Å²) >= 11 is 0. The average Bonchev–Trinajstić information content (AvgIpc) is 3.50. The van der Waals surface area contributed by atoms with Crippen molar-refractivity contribution in [1.82, 2.24) is 34.7 Å². The van der Waals surface area contributed by atoms with Gasteiger partial charge in [0.15, 0.2) is 0 Å². The third-order valence-corrected chi connectivity index (χ3v) is 5.87. The van der Waals surface area contributed by atoms with Gasteiger partial charge in [0.05, 0.1) is 36.6 Å². The van der Waals surface area contributed by atoms with Crippen LogP contribution in [0.4, 0.5) is 8.78 Å². The lowest BCUT2D eigenvalue weighted by Gasteiger charge is -2.36. The van der Waals surface area contributed by atoms with Gasteiger partial charge in [-0.05, 0) is 37.6 Å². The van der Waals surface area contributed by atoms with Crippen LogP contribution in [0.2, 0.25) is 0 Å². The molecule has 0 radical (unpaired) electrons. The molecule has 1 unspecified atom stereocenters. The van der Waals surface area contributed by atoms with Crippen molar-refractivity contribution in [2.45, 2.75) is 45.1 Å². The molecule has 2 heterocycles. The molecule has 0 aliphatic heterocycles. The first-order chi connectivity index (χ1) is 17.3. The number of aromatic nitrogens is 6. The molecular weight excluding hydrogens is 466 g/mol. The largest absolute Gasteiger partial charge is 0.382 e. The summed E-state index contributed by atoms with van der Waals surface area (Å²) in [6.45, 7) is 4.62. The molecule has 0 saturated heterocycles. The molecule has 0 saturated carbocycles. The predicted molar refractivity (Wildman–Crippen MR) is 126 cm³/mol. The van der Waals surface area contributed by atoms with Crippen LogP contribution >= 0.6 is 0 Å². The van der Waals surface area contributed by atoms with Crippen LogP contribution in [0.3, 0.4) is 0 Å². The SMILES string of the molecule is CC(C)N(Cc1cn(Cc2cccc(C#N)c2)nn1)CC(O)(Cn1cncn1)c1ccc(F)cc1F. The minimum atomic E-state index is -1.73. The maximum absolute atomic E-state index is 14.8. The van der Waals surface area contributed by atoms with E-state index in [1.54, 1.807) is 23.0 Å². The smallest absolute Gasteiger partial charge is 0.137 e. The zero-order valence-electron chi connectivity index (χ0n) is 20.0. The van der Waals surface area contributed by atoms with E-state index in [0.717, 1.165) is 17.7 Å². The highest BCUT2D eigenvalue weighted by Gasteiger charge is 2.36. The van der Waals surface area contributed by atoms with E-state index >= 15 is 0 Å². The fourth-order valence-electron chi connectivity index (χ4n) is 4.05. The molecule has 0 spiro atoms. The zero-order valence-corrected chi connectivity index (χ0v) is 20.0. The number of halogens is 2. The first kappa shape index (κ1) is 25.1. The minimum absolute atomic E-state index is 0.0180. The Labute approximate surface area is 207 Å². The van der Waals surface area contributed by atoms with Crippen LogP contribution in [-0.4, -0.2) is 52.4 Å². The van der Waals surface area contributed by atoms with E-state index in [0.29, 0.717) is 24.3 Å². The molecule has 4 aromatic rings. The van der Waals surface area contributed by atoms with Crippen LogP contribution < -0.4 is 0 Å². The van der Waals surface area contributed by atoms with Crippen LogP contribution in [0.15, 0.2) is 61.3 Å². The van der Waals surface area contributed by atoms with Crippen LogP contribution in [0.25, 0.3) is 0 Å². The molecule has 4 rings (SSSR count). The Morgan fingerprint density at radius 3 is 2.69 bits per heavy atom. The van der Waals surface area contributed by atoms with Gasteiger partial charge in [-0.3, -0.25) is 4.90 Å². The Hall–Kier alpha value is -4.01. The summed E-state index contributed by atoms with van der Waals surface area (Å²) in [6, 6.07) is 12.5. The number of hydrogen-bond acceptors (Lipinski definition) is 7. The van der Waals surface area contributed by atoms with Crippen molar-refractivity contribution in [1.29, 1.82) is 5.26 Å². The van der Waals surface area contributed by atoms with Crippen molar-refractivity contribution in [2.24, 2.45) is 0 Å². The number of hydrogen-bond donors (Lipinski definition) is 1. The normalized spacial score (nSPS) is 13.2. The van der Waals surface area contributed by atoms with Crippen molar-refractivity contribution in [2.75, 3.05) is 6.54 Å². The molecule has 0 aliphatic rings. The molecule has 9 nitrogen and oxygen atoms in total. The quantitative estimate of drug-likeness (QED) is 0.363. The third kappa shape index (κ3) is 5.97. The summed E-state index contributed by atoms with van der Waals surface area (Å²) in [5, 5.41) is 33.3. The topological polar surface area (TPSA) is 109 Å².